The Kier molecular flexibility index (Phi) is 4.46. The van der Waals surface area contributed by atoms with Gasteiger partial charge in [-0.2, -0.15) is 0 Å². The molecule has 0 bridgehead atoms. The van der Waals surface area contributed by atoms with E-state index in [0.29, 0.717) is 18.0 Å². The van der Waals surface area contributed by atoms with Crippen molar-refractivity contribution in [3.8, 4) is 0 Å². The molecule has 0 amide bonds. The lowest BCUT2D eigenvalue weighted by Gasteiger charge is -2.40. The van der Waals surface area contributed by atoms with Crippen LogP contribution in [-0.2, 0) is 0 Å². The summed E-state index contributed by atoms with van der Waals surface area (Å²) in [5.74, 6) is 1.39. The summed E-state index contributed by atoms with van der Waals surface area (Å²) < 4.78 is 0. The minimum Gasteiger partial charge on any atom is -0.306 e. The maximum Gasteiger partial charge on any atom is 0.0440 e. The first-order valence-corrected chi connectivity index (χ1v) is 8.88. The lowest BCUT2D eigenvalue weighted by Crippen LogP contribution is -2.43. The Bertz CT molecular complexity index is 567. The van der Waals surface area contributed by atoms with Gasteiger partial charge in [-0.25, -0.2) is 0 Å². The van der Waals surface area contributed by atoms with E-state index in [0.717, 1.165) is 5.92 Å². The molecule has 1 aromatic heterocycles. The van der Waals surface area contributed by atoms with Crippen molar-refractivity contribution < 1.29 is 0 Å². The molecule has 2 heteroatoms. The molecule has 1 unspecified atom stereocenters. The molecule has 112 valence electrons. The maximum atomic E-state index is 3.88. The fourth-order valence-corrected chi connectivity index (χ4v) is 4.34. The molecule has 1 N–H and O–H groups in total. The van der Waals surface area contributed by atoms with Crippen LogP contribution in [0.1, 0.15) is 54.7 Å². The van der Waals surface area contributed by atoms with Gasteiger partial charge in [-0.15, -0.1) is 11.3 Å². The largest absolute Gasteiger partial charge is 0.306 e. The minimum absolute atomic E-state index is 0.507. The zero-order valence-corrected chi connectivity index (χ0v) is 14.0. The van der Waals surface area contributed by atoms with Crippen molar-refractivity contribution in [2.75, 3.05) is 0 Å². The summed E-state index contributed by atoms with van der Waals surface area (Å²) >= 11 is 1.87. The van der Waals surface area contributed by atoms with Gasteiger partial charge in [0.1, 0.15) is 0 Å². The van der Waals surface area contributed by atoms with Gasteiger partial charge in [0, 0.05) is 17.0 Å². The molecule has 21 heavy (non-hydrogen) atoms. The third-order valence-corrected chi connectivity index (χ3v) is 5.65. The van der Waals surface area contributed by atoms with Crippen molar-refractivity contribution in [1.82, 2.24) is 5.32 Å². The van der Waals surface area contributed by atoms with Gasteiger partial charge in [0.05, 0.1) is 0 Å². The molecular formula is C19H25NS. The third kappa shape index (κ3) is 3.22. The molecule has 1 aliphatic rings. The fraction of sp³-hybridized carbons (Fsp3) is 0.474. The van der Waals surface area contributed by atoms with Crippen molar-refractivity contribution in [1.29, 1.82) is 0 Å². The molecule has 3 rings (SSSR count). The summed E-state index contributed by atoms with van der Waals surface area (Å²) in [6.07, 6.45) is 2.55. The van der Waals surface area contributed by atoms with Gasteiger partial charge in [0.15, 0.2) is 0 Å². The number of thiophene rings is 1. The highest BCUT2D eigenvalue weighted by Crippen LogP contribution is 2.40. The monoisotopic (exact) mass is 299 g/mol. The van der Waals surface area contributed by atoms with Crippen LogP contribution >= 0.6 is 11.3 Å². The predicted octanol–water partition coefficient (Wildman–Crippen LogP) is 5.29. The van der Waals surface area contributed by atoms with E-state index in [1.807, 2.05) is 11.3 Å². The highest BCUT2D eigenvalue weighted by molar-refractivity contribution is 7.10. The number of benzene rings is 1. The van der Waals surface area contributed by atoms with Gasteiger partial charge in [-0.3, -0.25) is 0 Å². The zero-order valence-electron chi connectivity index (χ0n) is 13.2. The number of rotatable bonds is 5. The van der Waals surface area contributed by atoms with Crippen molar-refractivity contribution >= 4 is 11.3 Å². The van der Waals surface area contributed by atoms with Crippen LogP contribution < -0.4 is 5.32 Å². The molecule has 1 fully saturated rings. The van der Waals surface area contributed by atoms with E-state index in [-0.39, 0.29) is 0 Å². The van der Waals surface area contributed by atoms with Crippen molar-refractivity contribution in [2.24, 2.45) is 5.92 Å². The second-order valence-corrected chi connectivity index (χ2v) is 7.60. The standard InChI is InChI=1S/C19H25NS/c1-13(2)19(18-9-6-10-21-18)20-16-11-15(12-16)17-8-5-4-7-14(17)3/h4-10,13,15-16,19-20H,11-12H2,1-3H3. The molecule has 1 aromatic carbocycles. The summed E-state index contributed by atoms with van der Waals surface area (Å²) in [5, 5.41) is 6.07. The highest BCUT2D eigenvalue weighted by Gasteiger charge is 2.33. The first-order chi connectivity index (χ1) is 10.1. The van der Waals surface area contributed by atoms with Gasteiger partial charge in [-0.1, -0.05) is 44.2 Å². The summed E-state index contributed by atoms with van der Waals surface area (Å²) in [7, 11) is 0. The Morgan fingerprint density at radius 3 is 2.48 bits per heavy atom. The summed E-state index contributed by atoms with van der Waals surface area (Å²) in [5.41, 5.74) is 2.99. The molecule has 0 aliphatic heterocycles. The Hall–Kier alpha value is -1.12. The molecule has 0 saturated heterocycles. The number of hydrogen-bond donors (Lipinski definition) is 1. The second kappa shape index (κ2) is 6.33. The summed E-state index contributed by atoms with van der Waals surface area (Å²) in [6.45, 7) is 6.86. The quantitative estimate of drug-likeness (QED) is 0.791. The van der Waals surface area contributed by atoms with E-state index in [4.69, 9.17) is 0 Å². The number of nitrogens with one attached hydrogen (secondary N) is 1. The average Bonchev–Trinajstić information content (AvgIpc) is 2.92. The Labute approximate surface area is 132 Å². The molecule has 1 atom stereocenters. The molecule has 0 spiro atoms. The number of aryl methyl sites for hydroxylation is 1. The van der Waals surface area contributed by atoms with Crippen LogP contribution in [0.4, 0.5) is 0 Å². The Morgan fingerprint density at radius 1 is 1.10 bits per heavy atom. The first-order valence-electron chi connectivity index (χ1n) is 8.00. The van der Waals surface area contributed by atoms with Crippen LogP contribution in [0.25, 0.3) is 0 Å². The lowest BCUT2D eigenvalue weighted by molar-refractivity contribution is 0.243. The predicted molar refractivity (Wildman–Crippen MR) is 92.0 cm³/mol. The van der Waals surface area contributed by atoms with Crippen molar-refractivity contribution in [3.05, 3.63) is 57.8 Å². The topological polar surface area (TPSA) is 12.0 Å². The molecule has 2 aromatic rings. The van der Waals surface area contributed by atoms with E-state index in [1.54, 1.807) is 5.56 Å². The van der Waals surface area contributed by atoms with Crippen LogP contribution in [0.5, 0.6) is 0 Å². The smallest absolute Gasteiger partial charge is 0.0440 e. The molecule has 1 saturated carbocycles. The van der Waals surface area contributed by atoms with E-state index in [9.17, 15) is 0 Å². The van der Waals surface area contributed by atoms with Crippen molar-refractivity contribution in [3.63, 3.8) is 0 Å². The number of hydrogen-bond acceptors (Lipinski definition) is 2. The van der Waals surface area contributed by atoms with E-state index >= 15 is 0 Å². The minimum atomic E-state index is 0.507. The van der Waals surface area contributed by atoms with Crippen LogP contribution in [0.15, 0.2) is 41.8 Å². The Morgan fingerprint density at radius 2 is 1.86 bits per heavy atom. The second-order valence-electron chi connectivity index (χ2n) is 6.63. The average molecular weight is 299 g/mol. The van der Waals surface area contributed by atoms with Gasteiger partial charge in [0.25, 0.3) is 0 Å². The first kappa shape index (κ1) is 14.8. The zero-order chi connectivity index (χ0) is 14.8. The van der Waals surface area contributed by atoms with E-state index < -0.39 is 0 Å². The van der Waals surface area contributed by atoms with Crippen LogP contribution in [0.2, 0.25) is 0 Å². The fourth-order valence-electron chi connectivity index (χ4n) is 3.38. The van der Waals surface area contributed by atoms with E-state index in [1.165, 1.54) is 23.3 Å². The van der Waals surface area contributed by atoms with Crippen LogP contribution in [0.3, 0.4) is 0 Å². The Balaban J connectivity index is 1.60. The van der Waals surface area contributed by atoms with Crippen molar-refractivity contribution in [2.45, 2.75) is 51.6 Å². The highest BCUT2D eigenvalue weighted by atomic mass is 32.1. The molecular weight excluding hydrogens is 274 g/mol. The van der Waals surface area contributed by atoms with Crippen LogP contribution in [-0.4, -0.2) is 6.04 Å². The molecule has 1 heterocycles. The van der Waals surface area contributed by atoms with Gasteiger partial charge < -0.3 is 5.32 Å². The van der Waals surface area contributed by atoms with Crippen LogP contribution in [0, 0.1) is 12.8 Å². The lowest BCUT2D eigenvalue weighted by atomic mass is 9.74. The van der Waals surface area contributed by atoms with E-state index in [2.05, 4.69) is 67.9 Å². The molecule has 1 nitrogen and oxygen atoms in total. The molecule has 1 aliphatic carbocycles. The van der Waals surface area contributed by atoms with Gasteiger partial charge >= 0.3 is 0 Å². The van der Waals surface area contributed by atoms with Gasteiger partial charge in [-0.05, 0) is 54.2 Å². The SMILES string of the molecule is Cc1ccccc1C1CC(NC(c2cccs2)C(C)C)C1. The summed E-state index contributed by atoms with van der Waals surface area (Å²) in [4.78, 5) is 1.48. The third-order valence-electron chi connectivity index (χ3n) is 4.70. The summed E-state index contributed by atoms with van der Waals surface area (Å²) in [6, 6.07) is 14.4. The molecule has 0 radical (unpaired) electrons. The van der Waals surface area contributed by atoms with Gasteiger partial charge in [0.2, 0.25) is 0 Å². The normalized spacial score (nSPS) is 23.0. The maximum absolute atomic E-state index is 3.88.